The van der Waals surface area contributed by atoms with E-state index in [9.17, 15) is 13.2 Å². The van der Waals surface area contributed by atoms with Gasteiger partial charge in [0.1, 0.15) is 10.8 Å². The molecule has 1 aromatic rings. The Morgan fingerprint density at radius 2 is 1.83 bits per heavy atom. The normalized spacial score (nSPS) is 18.9. The predicted octanol–water partition coefficient (Wildman–Crippen LogP) is 2.72. The van der Waals surface area contributed by atoms with Crippen molar-refractivity contribution in [1.82, 2.24) is 10.2 Å². The van der Waals surface area contributed by atoms with Crippen LogP contribution in [0.25, 0.3) is 0 Å². The van der Waals surface area contributed by atoms with Gasteiger partial charge in [-0.15, -0.1) is 0 Å². The van der Waals surface area contributed by atoms with Gasteiger partial charge in [-0.2, -0.15) is 0 Å². The fourth-order valence-corrected chi connectivity index (χ4v) is 2.30. The second-order valence-corrected chi connectivity index (χ2v) is 4.73. The number of hydrogen-bond acceptors (Lipinski definition) is 2. The number of benzene rings is 1. The van der Waals surface area contributed by atoms with Crippen LogP contribution in [0.4, 0.5) is 13.2 Å². The van der Waals surface area contributed by atoms with Crippen LogP contribution in [0, 0.1) is 17.5 Å². The van der Waals surface area contributed by atoms with E-state index < -0.39 is 22.5 Å². The summed E-state index contributed by atoms with van der Waals surface area (Å²) in [6.45, 7) is 4.73. The molecule has 2 rings (SSSR count). The summed E-state index contributed by atoms with van der Waals surface area (Å²) in [5, 5.41) is 2.37. The first-order chi connectivity index (χ1) is 8.52. The van der Waals surface area contributed by atoms with Gasteiger partial charge >= 0.3 is 0 Å². The van der Waals surface area contributed by atoms with E-state index in [1.807, 2.05) is 4.90 Å². The monoisotopic (exact) mass is 278 g/mol. The third-order valence-corrected chi connectivity index (χ3v) is 3.63. The first-order valence-corrected chi connectivity index (χ1v) is 6.18. The first-order valence-electron chi connectivity index (χ1n) is 5.80. The summed E-state index contributed by atoms with van der Waals surface area (Å²) in [5.74, 6) is -3.30. The SMILES string of the molecule is CC(c1cc(F)c(Cl)c(F)c1F)N1CCNCC1. The van der Waals surface area contributed by atoms with E-state index >= 15 is 0 Å². The van der Waals surface area contributed by atoms with Crippen molar-refractivity contribution in [3.05, 3.63) is 34.1 Å². The highest BCUT2D eigenvalue weighted by Crippen LogP contribution is 2.30. The van der Waals surface area contributed by atoms with Crippen LogP contribution in [0.3, 0.4) is 0 Å². The average Bonchev–Trinajstić information content (AvgIpc) is 2.41. The molecule has 1 N–H and O–H groups in total. The first kappa shape index (κ1) is 13.6. The van der Waals surface area contributed by atoms with Crippen molar-refractivity contribution in [2.24, 2.45) is 0 Å². The number of halogens is 4. The third kappa shape index (κ3) is 2.48. The Hall–Kier alpha value is -0.780. The summed E-state index contributed by atoms with van der Waals surface area (Å²) < 4.78 is 40.6. The van der Waals surface area contributed by atoms with E-state index in [2.05, 4.69) is 5.32 Å². The van der Waals surface area contributed by atoms with Gasteiger partial charge < -0.3 is 5.32 Å². The molecule has 1 atom stereocenters. The maximum absolute atomic E-state index is 13.8. The Kier molecular flexibility index (Phi) is 4.14. The van der Waals surface area contributed by atoms with E-state index in [-0.39, 0.29) is 11.6 Å². The third-order valence-electron chi connectivity index (χ3n) is 3.28. The molecule has 0 saturated carbocycles. The van der Waals surface area contributed by atoms with Crippen LogP contribution in [-0.4, -0.2) is 31.1 Å². The van der Waals surface area contributed by atoms with Crippen molar-refractivity contribution in [3.63, 3.8) is 0 Å². The fourth-order valence-electron chi connectivity index (χ4n) is 2.16. The van der Waals surface area contributed by atoms with Crippen molar-refractivity contribution in [2.45, 2.75) is 13.0 Å². The van der Waals surface area contributed by atoms with Gasteiger partial charge in [0, 0.05) is 37.8 Å². The number of rotatable bonds is 2. The van der Waals surface area contributed by atoms with Gasteiger partial charge in [0.25, 0.3) is 0 Å². The van der Waals surface area contributed by atoms with Gasteiger partial charge in [0.05, 0.1) is 0 Å². The zero-order valence-electron chi connectivity index (χ0n) is 9.94. The Bertz CT molecular complexity index is 447. The number of nitrogens with one attached hydrogen (secondary N) is 1. The lowest BCUT2D eigenvalue weighted by Crippen LogP contribution is -2.44. The Labute approximate surface area is 109 Å². The predicted molar refractivity (Wildman–Crippen MR) is 64.2 cm³/mol. The summed E-state index contributed by atoms with van der Waals surface area (Å²) in [4.78, 5) is 1.97. The van der Waals surface area contributed by atoms with E-state index in [4.69, 9.17) is 11.6 Å². The smallest absolute Gasteiger partial charge is 0.180 e. The minimum atomic E-state index is -1.31. The fraction of sp³-hybridized carbons (Fsp3) is 0.500. The molecule has 0 amide bonds. The molecule has 2 nitrogen and oxygen atoms in total. The molecule has 1 fully saturated rings. The van der Waals surface area contributed by atoms with Gasteiger partial charge in [0.15, 0.2) is 11.6 Å². The molecule has 0 bridgehead atoms. The maximum Gasteiger partial charge on any atom is 0.180 e. The summed E-state index contributed by atoms with van der Waals surface area (Å²) in [6, 6.07) is 0.598. The zero-order valence-corrected chi connectivity index (χ0v) is 10.7. The molecule has 0 aromatic heterocycles. The Balaban J connectivity index is 2.32. The van der Waals surface area contributed by atoms with Crippen LogP contribution < -0.4 is 5.32 Å². The molecule has 18 heavy (non-hydrogen) atoms. The van der Waals surface area contributed by atoms with Gasteiger partial charge in [-0.1, -0.05) is 11.6 Å². The topological polar surface area (TPSA) is 15.3 Å². The zero-order chi connectivity index (χ0) is 13.3. The summed E-state index contributed by atoms with van der Waals surface area (Å²) in [6.07, 6.45) is 0. The van der Waals surface area contributed by atoms with E-state index in [0.29, 0.717) is 13.1 Å². The maximum atomic E-state index is 13.8. The molecular weight excluding hydrogens is 265 g/mol. The molecule has 0 aliphatic carbocycles. The highest BCUT2D eigenvalue weighted by Gasteiger charge is 2.25. The standard InChI is InChI=1S/C12H14ClF3N2/c1-7(18-4-2-17-3-5-18)8-6-9(14)10(13)12(16)11(8)15/h6-7,17H,2-5H2,1H3. The molecule has 0 spiro atoms. The molecule has 1 aliphatic rings. The van der Waals surface area contributed by atoms with Gasteiger partial charge in [0.2, 0.25) is 0 Å². The summed E-state index contributed by atoms with van der Waals surface area (Å²) >= 11 is 5.33. The quantitative estimate of drug-likeness (QED) is 0.661. The van der Waals surface area contributed by atoms with Crippen molar-refractivity contribution < 1.29 is 13.2 Å². The minimum Gasteiger partial charge on any atom is -0.314 e. The van der Waals surface area contributed by atoms with Crippen molar-refractivity contribution >= 4 is 11.6 Å². The molecule has 1 heterocycles. The van der Waals surface area contributed by atoms with Crippen LogP contribution in [0.2, 0.25) is 5.02 Å². The van der Waals surface area contributed by atoms with Crippen molar-refractivity contribution in [3.8, 4) is 0 Å². The lowest BCUT2D eigenvalue weighted by Gasteiger charge is -2.33. The number of piperazine rings is 1. The highest BCUT2D eigenvalue weighted by molar-refractivity contribution is 6.30. The van der Waals surface area contributed by atoms with E-state index in [1.54, 1.807) is 6.92 Å². The van der Waals surface area contributed by atoms with Crippen LogP contribution in [0.15, 0.2) is 6.07 Å². The summed E-state index contributed by atoms with van der Waals surface area (Å²) in [7, 11) is 0. The summed E-state index contributed by atoms with van der Waals surface area (Å²) in [5.41, 5.74) is 0.0105. The second kappa shape index (κ2) is 5.47. The highest BCUT2D eigenvalue weighted by atomic mass is 35.5. The van der Waals surface area contributed by atoms with E-state index in [0.717, 1.165) is 19.2 Å². The second-order valence-electron chi connectivity index (χ2n) is 4.35. The molecular formula is C12H14ClF3N2. The van der Waals surface area contributed by atoms with Gasteiger partial charge in [-0.05, 0) is 13.0 Å². The molecule has 0 radical (unpaired) electrons. The van der Waals surface area contributed by atoms with Crippen molar-refractivity contribution in [1.29, 1.82) is 0 Å². The molecule has 100 valence electrons. The van der Waals surface area contributed by atoms with Crippen LogP contribution in [0.5, 0.6) is 0 Å². The van der Waals surface area contributed by atoms with E-state index in [1.165, 1.54) is 0 Å². The minimum absolute atomic E-state index is 0.0105. The number of nitrogens with zero attached hydrogens (tertiary/aromatic N) is 1. The number of hydrogen-bond donors (Lipinski definition) is 1. The van der Waals surface area contributed by atoms with Gasteiger partial charge in [-0.3, -0.25) is 4.90 Å². The lowest BCUT2D eigenvalue weighted by molar-refractivity contribution is 0.181. The van der Waals surface area contributed by atoms with Crippen LogP contribution in [0.1, 0.15) is 18.5 Å². The van der Waals surface area contributed by atoms with Crippen LogP contribution >= 0.6 is 11.6 Å². The molecule has 1 unspecified atom stereocenters. The molecule has 1 aliphatic heterocycles. The molecule has 6 heteroatoms. The largest absolute Gasteiger partial charge is 0.314 e. The molecule has 1 saturated heterocycles. The van der Waals surface area contributed by atoms with Crippen LogP contribution in [-0.2, 0) is 0 Å². The lowest BCUT2D eigenvalue weighted by atomic mass is 10.0. The van der Waals surface area contributed by atoms with Crippen molar-refractivity contribution in [2.75, 3.05) is 26.2 Å². The Morgan fingerprint density at radius 3 is 2.44 bits per heavy atom. The average molecular weight is 279 g/mol. The van der Waals surface area contributed by atoms with Gasteiger partial charge in [-0.25, -0.2) is 13.2 Å². The Morgan fingerprint density at radius 1 is 1.22 bits per heavy atom. The molecule has 1 aromatic carbocycles.